The van der Waals surface area contributed by atoms with Gasteiger partial charge in [0, 0.05) is 55.3 Å². The van der Waals surface area contributed by atoms with Gasteiger partial charge in [0.1, 0.15) is 17.0 Å². The number of esters is 1. The standard InChI is InChI=1S/C37H58O7/c1-7-8-9-10-11-12-13-14-15-16-17-18-28(40)21-29-25(3)36(43)30(32-34(5,6)37(29,32)44-26(4)39)20-27(23-38)22-35(42)31(36)19-24(2)33(35)41/h19-20,25,29-32,38,42-43H,7-18,21-23H2,1-6H3/t25-,29-,30+,31-,32-,35-,36-,37+/m1/s1. The third-order valence-electron chi connectivity index (χ3n) is 12.1. The predicted molar refractivity (Wildman–Crippen MR) is 171 cm³/mol. The fourth-order valence-corrected chi connectivity index (χ4v) is 9.80. The maximum absolute atomic E-state index is 13.6. The number of aliphatic hydroxyl groups is 3. The number of ether oxygens (including phenoxy) is 1. The van der Waals surface area contributed by atoms with E-state index in [1.165, 1.54) is 58.3 Å². The Morgan fingerprint density at radius 3 is 2.07 bits per heavy atom. The number of fused-ring (bicyclic) bond motifs is 5. The van der Waals surface area contributed by atoms with Crippen LogP contribution in [-0.2, 0) is 19.1 Å². The number of aliphatic hydroxyl groups excluding tert-OH is 1. The lowest BCUT2D eigenvalue weighted by atomic mass is 9.56. The van der Waals surface area contributed by atoms with Gasteiger partial charge in [-0.3, -0.25) is 14.4 Å². The summed E-state index contributed by atoms with van der Waals surface area (Å²) in [6.45, 7) is 10.8. The van der Waals surface area contributed by atoms with E-state index < -0.39 is 57.6 Å². The SMILES string of the molecule is CCCCCCCCCCCCCC(=O)C[C@@H]1[C@@H](C)[C@@]2(O)[C@@H](C=C(CO)C[C@]3(O)C(=O)C(C)=C[C@@H]23)[C@@H]2C(C)(C)[C@]12OC(C)=O. The molecule has 0 heterocycles. The molecular formula is C37H58O7. The van der Waals surface area contributed by atoms with Crippen molar-refractivity contribution in [1.82, 2.24) is 0 Å². The Balaban J connectivity index is 1.51. The number of hydrogen-bond donors (Lipinski definition) is 3. The van der Waals surface area contributed by atoms with Gasteiger partial charge in [-0.2, -0.15) is 0 Å². The lowest BCUT2D eigenvalue weighted by Gasteiger charge is -2.53. The minimum atomic E-state index is -1.87. The quantitative estimate of drug-likeness (QED) is 0.104. The van der Waals surface area contributed by atoms with Crippen LogP contribution in [0.3, 0.4) is 0 Å². The molecule has 4 aliphatic carbocycles. The molecule has 0 amide bonds. The molecule has 8 atom stereocenters. The lowest BCUT2D eigenvalue weighted by molar-refractivity contribution is -0.204. The first kappa shape index (κ1) is 35.0. The zero-order valence-electron chi connectivity index (χ0n) is 28.1. The molecule has 3 N–H and O–H groups in total. The summed E-state index contributed by atoms with van der Waals surface area (Å²) in [5.74, 6) is -3.65. The average Bonchev–Trinajstić information content (AvgIpc) is 3.38. The normalized spacial score (nSPS) is 36.8. The summed E-state index contributed by atoms with van der Waals surface area (Å²) in [4.78, 5) is 39.5. The first-order valence-electron chi connectivity index (χ1n) is 17.4. The van der Waals surface area contributed by atoms with Crippen LogP contribution in [0, 0.1) is 35.0 Å². The van der Waals surface area contributed by atoms with Gasteiger partial charge in [-0.1, -0.05) is 104 Å². The number of ketones is 2. The number of hydrogen-bond acceptors (Lipinski definition) is 7. The molecule has 2 fully saturated rings. The third-order valence-corrected chi connectivity index (χ3v) is 12.1. The van der Waals surface area contributed by atoms with Crippen molar-refractivity contribution in [1.29, 1.82) is 0 Å². The van der Waals surface area contributed by atoms with Gasteiger partial charge in [0.05, 0.1) is 12.2 Å². The Morgan fingerprint density at radius 1 is 0.955 bits per heavy atom. The smallest absolute Gasteiger partial charge is 0.303 e. The highest BCUT2D eigenvalue weighted by Crippen LogP contribution is 2.78. The van der Waals surface area contributed by atoms with Gasteiger partial charge in [0.25, 0.3) is 0 Å². The van der Waals surface area contributed by atoms with Crippen molar-refractivity contribution < 1.29 is 34.4 Å². The van der Waals surface area contributed by atoms with Crippen molar-refractivity contribution in [3.05, 3.63) is 23.3 Å². The molecule has 0 radical (unpaired) electrons. The van der Waals surface area contributed by atoms with E-state index in [4.69, 9.17) is 4.74 Å². The van der Waals surface area contributed by atoms with Crippen molar-refractivity contribution in [2.45, 2.75) is 148 Å². The zero-order valence-corrected chi connectivity index (χ0v) is 28.1. The minimum absolute atomic E-state index is 0.0669. The van der Waals surface area contributed by atoms with E-state index in [2.05, 4.69) is 6.92 Å². The van der Waals surface area contributed by atoms with Gasteiger partial charge in [0.15, 0.2) is 5.78 Å². The summed E-state index contributed by atoms with van der Waals surface area (Å²) in [6.07, 6.45) is 17.3. The topological polar surface area (TPSA) is 121 Å². The maximum Gasteiger partial charge on any atom is 0.303 e. The zero-order chi connectivity index (χ0) is 32.5. The molecule has 4 aliphatic rings. The summed E-state index contributed by atoms with van der Waals surface area (Å²) >= 11 is 0. The molecule has 7 heteroatoms. The van der Waals surface area contributed by atoms with Crippen LogP contribution in [0.5, 0.6) is 0 Å². The summed E-state index contributed by atoms with van der Waals surface area (Å²) in [7, 11) is 0. The van der Waals surface area contributed by atoms with Crippen LogP contribution in [0.25, 0.3) is 0 Å². The first-order valence-corrected chi connectivity index (χ1v) is 17.4. The van der Waals surface area contributed by atoms with Crippen molar-refractivity contribution >= 4 is 17.5 Å². The van der Waals surface area contributed by atoms with E-state index in [1.807, 2.05) is 26.8 Å². The molecular weight excluding hydrogens is 556 g/mol. The van der Waals surface area contributed by atoms with Crippen LogP contribution >= 0.6 is 0 Å². The van der Waals surface area contributed by atoms with E-state index in [1.54, 1.807) is 13.0 Å². The number of carbonyl (C=O) groups is 3. The number of rotatable bonds is 16. The van der Waals surface area contributed by atoms with Crippen molar-refractivity contribution in [2.75, 3.05) is 6.61 Å². The Labute approximate surface area is 264 Å². The van der Waals surface area contributed by atoms with Gasteiger partial charge in [0.2, 0.25) is 0 Å². The summed E-state index contributed by atoms with van der Waals surface area (Å²) < 4.78 is 6.21. The van der Waals surface area contributed by atoms with E-state index in [0.717, 1.165) is 19.3 Å². The Morgan fingerprint density at radius 2 is 1.52 bits per heavy atom. The number of Topliss-reactive ketones (excluding diaryl/α,β-unsaturated/α-hetero) is 2. The molecule has 0 aliphatic heterocycles. The summed E-state index contributed by atoms with van der Waals surface area (Å²) in [5.41, 5.74) is -4.10. The highest BCUT2D eigenvalue weighted by Gasteiger charge is 2.86. The second kappa shape index (κ2) is 13.5. The lowest BCUT2D eigenvalue weighted by Crippen LogP contribution is -2.64. The monoisotopic (exact) mass is 614 g/mol. The molecule has 0 unspecified atom stereocenters. The van der Waals surface area contributed by atoms with Gasteiger partial charge in [-0.25, -0.2) is 0 Å². The summed E-state index contributed by atoms with van der Waals surface area (Å²) in [5, 5.41) is 34.9. The molecule has 0 spiro atoms. The van der Waals surface area contributed by atoms with Crippen molar-refractivity contribution in [3.63, 3.8) is 0 Å². The van der Waals surface area contributed by atoms with Gasteiger partial charge in [-0.05, 0) is 30.4 Å². The van der Waals surface area contributed by atoms with Gasteiger partial charge < -0.3 is 20.1 Å². The van der Waals surface area contributed by atoms with Crippen LogP contribution in [0.1, 0.15) is 131 Å². The Bertz CT molecular complexity index is 1150. The largest absolute Gasteiger partial charge is 0.458 e. The average molecular weight is 615 g/mol. The fraction of sp³-hybridized carbons (Fsp3) is 0.811. The molecule has 248 valence electrons. The second-order valence-corrected chi connectivity index (χ2v) is 15.2. The molecule has 0 aromatic heterocycles. The van der Waals surface area contributed by atoms with Crippen LogP contribution in [0.2, 0.25) is 0 Å². The molecule has 7 nitrogen and oxygen atoms in total. The third kappa shape index (κ3) is 5.90. The van der Waals surface area contributed by atoms with Crippen LogP contribution in [0.15, 0.2) is 23.3 Å². The molecule has 44 heavy (non-hydrogen) atoms. The van der Waals surface area contributed by atoms with Crippen molar-refractivity contribution in [3.8, 4) is 0 Å². The van der Waals surface area contributed by atoms with E-state index in [-0.39, 0.29) is 31.1 Å². The molecule has 0 saturated heterocycles. The van der Waals surface area contributed by atoms with Crippen molar-refractivity contribution in [2.24, 2.45) is 35.0 Å². The maximum atomic E-state index is 13.6. The molecule has 0 aromatic carbocycles. The van der Waals surface area contributed by atoms with E-state index in [0.29, 0.717) is 17.6 Å². The van der Waals surface area contributed by atoms with Crippen LogP contribution in [-0.4, -0.2) is 56.3 Å². The van der Waals surface area contributed by atoms with Crippen LogP contribution in [0.4, 0.5) is 0 Å². The highest BCUT2D eigenvalue weighted by atomic mass is 16.6. The van der Waals surface area contributed by atoms with Crippen LogP contribution < -0.4 is 0 Å². The molecule has 4 rings (SSSR count). The minimum Gasteiger partial charge on any atom is -0.458 e. The molecule has 0 bridgehead atoms. The second-order valence-electron chi connectivity index (χ2n) is 15.2. The van der Waals surface area contributed by atoms with Gasteiger partial charge >= 0.3 is 5.97 Å². The molecule has 0 aromatic rings. The van der Waals surface area contributed by atoms with Gasteiger partial charge in [-0.15, -0.1) is 0 Å². The first-order chi connectivity index (χ1) is 20.7. The van der Waals surface area contributed by atoms with E-state index >= 15 is 0 Å². The van der Waals surface area contributed by atoms with E-state index in [9.17, 15) is 29.7 Å². The number of unbranched alkanes of at least 4 members (excludes halogenated alkanes) is 10. The predicted octanol–water partition coefficient (Wildman–Crippen LogP) is 6.42. The summed E-state index contributed by atoms with van der Waals surface area (Å²) in [6, 6.07) is 0. The number of carbonyl (C=O) groups excluding carboxylic acids is 3. The Kier molecular flexibility index (Phi) is 10.7. The highest BCUT2D eigenvalue weighted by molar-refractivity contribution is 6.04. The molecule has 2 saturated carbocycles. The fourth-order valence-electron chi connectivity index (χ4n) is 9.80. The Hall–Kier alpha value is -1.83.